The van der Waals surface area contributed by atoms with Crippen LogP contribution in [0.1, 0.15) is 11.1 Å². The summed E-state index contributed by atoms with van der Waals surface area (Å²) in [6, 6.07) is 13.2. The molecule has 2 aromatic rings. The first kappa shape index (κ1) is 16.5. The van der Waals surface area contributed by atoms with E-state index in [9.17, 15) is 19.8 Å². The van der Waals surface area contributed by atoms with Crippen LogP contribution in [0.5, 0.6) is 0 Å². The number of aliphatic carboxylic acids is 2. The van der Waals surface area contributed by atoms with Crippen LogP contribution in [0.15, 0.2) is 57.5 Å². The van der Waals surface area contributed by atoms with Crippen molar-refractivity contribution in [3.63, 3.8) is 0 Å². The number of carbonyl (C=O) groups is 2. The maximum absolute atomic E-state index is 11.7. The van der Waals surface area contributed by atoms with Gasteiger partial charge in [-0.05, 0) is 12.1 Å². The summed E-state index contributed by atoms with van der Waals surface area (Å²) < 4.78 is 1.02. The summed E-state index contributed by atoms with van der Waals surface area (Å²) in [6.45, 7) is 0. The third-order valence-corrected chi connectivity index (χ3v) is 4.35. The van der Waals surface area contributed by atoms with Crippen molar-refractivity contribution in [2.45, 2.75) is 0 Å². The van der Waals surface area contributed by atoms with E-state index in [2.05, 4.69) is 31.9 Å². The molecule has 0 heterocycles. The van der Waals surface area contributed by atoms with Crippen molar-refractivity contribution in [2.24, 2.45) is 0 Å². The summed E-state index contributed by atoms with van der Waals surface area (Å²) >= 11 is 6.54. The topological polar surface area (TPSA) is 74.6 Å². The minimum atomic E-state index is -1.31. The van der Waals surface area contributed by atoms with Gasteiger partial charge in [-0.25, -0.2) is 9.59 Å². The highest BCUT2D eigenvalue weighted by Crippen LogP contribution is 2.34. The number of halogens is 2. The van der Waals surface area contributed by atoms with Gasteiger partial charge < -0.3 is 10.2 Å². The van der Waals surface area contributed by atoms with Gasteiger partial charge in [0.05, 0.1) is 11.1 Å². The van der Waals surface area contributed by atoms with E-state index in [0.717, 1.165) is 0 Å². The second kappa shape index (κ2) is 6.89. The van der Waals surface area contributed by atoms with Crippen LogP contribution in [0, 0.1) is 0 Å². The number of rotatable bonds is 4. The zero-order valence-corrected chi connectivity index (χ0v) is 14.3. The van der Waals surface area contributed by atoms with Gasteiger partial charge in [-0.15, -0.1) is 0 Å². The van der Waals surface area contributed by atoms with Crippen LogP contribution in [0.25, 0.3) is 11.1 Å². The molecule has 6 heteroatoms. The summed E-state index contributed by atoms with van der Waals surface area (Å²) in [6.07, 6.45) is 0. The molecule has 0 atom stereocenters. The normalized spacial score (nSPS) is 11.7. The first-order chi connectivity index (χ1) is 10.4. The second-order valence-corrected chi connectivity index (χ2v) is 6.03. The molecule has 0 saturated carbocycles. The SMILES string of the molecule is O=C(O)C(=C(C(=O)O)c1ccccc1Br)c1ccccc1Br. The fourth-order valence-corrected chi connectivity index (χ4v) is 3.01. The number of carboxylic acid groups (broad SMARTS) is 2. The Hall–Kier alpha value is -1.92. The maximum Gasteiger partial charge on any atom is 0.337 e. The summed E-state index contributed by atoms with van der Waals surface area (Å²) in [4.78, 5) is 23.5. The van der Waals surface area contributed by atoms with Crippen LogP contribution in [0.2, 0.25) is 0 Å². The molecule has 0 radical (unpaired) electrons. The zero-order chi connectivity index (χ0) is 16.3. The fourth-order valence-electron chi connectivity index (χ4n) is 2.04. The summed E-state index contributed by atoms with van der Waals surface area (Å²) in [5, 5.41) is 19.1. The van der Waals surface area contributed by atoms with Crippen molar-refractivity contribution in [3.05, 3.63) is 68.6 Å². The molecule has 0 aliphatic carbocycles. The Morgan fingerprint density at radius 2 is 1.00 bits per heavy atom. The van der Waals surface area contributed by atoms with Crippen molar-refractivity contribution in [3.8, 4) is 0 Å². The zero-order valence-electron chi connectivity index (χ0n) is 11.1. The molecule has 112 valence electrons. The summed E-state index contributed by atoms with van der Waals surface area (Å²) in [5.41, 5.74) is 0.0741. The minimum Gasteiger partial charge on any atom is -0.478 e. The molecular weight excluding hydrogens is 416 g/mol. The highest BCUT2D eigenvalue weighted by molar-refractivity contribution is 9.10. The first-order valence-electron chi connectivity index (χ1n) is 6.14. The molecule has 0 unspecified atom stereocenters. The van der Waals surface area contributed by atoms with Crippen LogP contribution >= 0.6 is 31.9 Å². The third-order valence-electron chi connectivity index (χ3n) is 2.96. The molecule has 2 aromatic carbocycles. The monoisotopic (exact) mass is 424 g/mol. The van der Waals surface area contributed by atoms with Crippen molar-refractivity contribution < 1.29 is 19.8 Å². The van der Waals surface area contributed by atoms with E-state index in [1.54, 1.807) is 48.5 Å². The van der Waals surface area contributed by atoms with Gasteiger partial charge in [0, 0.05) is 20.1 Å². The van der Waals surface area contributed by atoms with E-state index >= 15 is 0 Å². The molecule has 2 N–H and O–H groups in total. The molecule has 4 nitrogen and oxygen atoms in total. The Kier molecular flexibility index (Phi) is 5.15. The predicted octanol–water partition coefficient (Wildman–Crippen LogP) is 4.29. The largest absolute Gasteiger partial charge is 0.478 e. The van der Waals surface area contributed by atoms with E-state index in [-0.39, 0.29) is 11.1 Å². The average molecular weight is 426 g/mol. The fraction of sp³-hybridized carbons (Fsp3) is 0. The number of benzene rings is 2. The number of carboxylic acids is 2. The molecule has 0 saturated heterocycles. The Labute approximate surface area is 143 Å². The molecule has 0 aliphatic rings. The lowest BCUT2D eigenvalue weighted by Crippen LogP contribution is -2.11. The Morgan fingerprint density at radius 3 is 1.27 bits per heavy atom. The van der Waals surface area contributed by atoms with Gasteiger partial charge in [-0.2, -0.15) is 0 Å². The molecule has 0 bridgehead atoms. The molecule has 0 spiro atoms. The van der Waals surface area contributed by atoms with Gasteiger partial charge in [0.25, 0.3) is 0 Å². The Bertz CT molecular complexity index is 716. The first-order valence-corrected chi connectivity index (χ1v) is 7.72. The van der Waals surface area contributed by atoms with Gasteiger partial charge in [-0.1, -0.05) is 68.3 Å². The Morgan fingerprint density at radius 1 is 0.682 bits per heavy atom. The standard InChI is InChI=1S/C16H10Br2O4/c17-11-7-3-1-5-9(11)13(15(19)20)14(16(21)22)10-6-2-4-8-12(10)18/h1-8H,(H,19,20)(H,21,22). The van der Waals surface area contributed by atoms with Gasteiger partial charge in [-0.3, -0.25) is 0 Å². The number of hydrogen-bond donors (Lipinski definition) is 2. The van der Waals surface area contributed by atoms with Crippen LogP contribution in [-0.2, 0) is 9.59 Å². The van der Waals surface area contributed by atoms with Crippen LogP contribution < -0.4 is 0 Å². The van der Waals surface area contributed by atoms with E-state index in [4.69, 9.17) is 0 Å². The quantitative estimate of drug-likeness (QED) is 0.565. The van der Waals surface area contributed by atoms with E-state index < -0.39 is 11.9 Å². The van der Waals surface area contributed by atoms with Crippen LogP contribution in [-0.4, -0.2) is 22.2 Å². The van der Waals surface area contributed by atoms with Crippen molar-refractivity contribution in [1.82, 2.24) is 0 Å². The Balaban J connectivity index is 2.87. The van der Waals surface area contributed by atoms with Crippen LogP contribution in [0.3, 0.4) is 0 Å². The van der Waals surface area contributed by atoms with Gasteiger partial charge in [0.1, 0.15) is 0 Å². The number of hydrogen-bond acceptors (Lipinski definition) is 2. The second-order valence-electron chi connectivity index (χ2n) is 4.32. The molecule has 0 aromatic heterocycles. The van der Waals surface area contributed by atoms with Gasteiger partial charge >= 0.3 is 11.9 Å². The maximum atomic E-state index is 11.7. The lowest BCUT2D eigenvalue weighted by molar-refractivity contribution is -0.132. The minimum absolute atomic E-state index is 0.271. The molecule has 0 aliphatic heterocycles. The van der Waals surface area contributed by atoms with Gasteiger partial charge in [0.2, 0.25) is 0 Å². The van der Waals surface area contributed by atoms with E-state index in [1.165, 1.54) is 0 Å². The lowest BCUT2D eigenvalue weighted by atomic mass is 9.94. The van der Waals surface area contributed by atoms with Crippen LogP contribution in [0.4, 0.5) is 0 Å². The molecule has 22 heavy (non-hydrogen) atoms. The van der Waals surface area contributed by atoms with E-state index in [0.29, 0.717) is 20.1 Å². The van der Waals surface area contributed by atoms with Crippen molar-refractivity contribution >= 4 is 54.9 Å². The van der Waals surface area contributed by atoms with Crippen molar-refractivity contribution in [1.29, 1.82) is 0 Å². The molecule has 0 fully saturated rings. The molecular formula is C16H10Br2O4. The predicted molar refractivity (Wildman–Crippen MR) is 90.4 cm³/mol. The van der Waals surface area contributed by atoms with Gasteiger partial charge in [0.15, 0.2) is 0 Å². The highest BCUT2D eigenvalue weighted by atomic mass is 79.9. The smallest absolute Gasteiger partial charge is 0.337 e. The average Bonchev–Trinajstić information content (AvgIpc) is 2.46. The summed E-state index contributed by atoms with van der Waals surface area (Å²) in [7, 11) is 0. The lowest BCUT2D eigenvalue weighted by Gasteiger charge is -2.12. The van der Waals surface area contributed by atoms with E-state index in [1.807, 2.05) is 0 Å². The third kappa shape index (κ3) is 3.28. The van der Waals surface area contributed by atoms with Crippen molar-refractivity contribution in [2.75, 3.05) is 0 Å². The summed E-state index contributed by atoms with van der Waals surface area (Å²) in [5.74, 6) is -2.61. The highest BCUT2D eigenvalue weighted by Gasteiger charge is 2.26. The molecule has 2 rings (SSSR count). The molecule has 0 amide bonds.